The van der Waals surface area contributed by atoms with Crippen LogP contribution in [0.5, 0.6) is 11.5 Å². The minimum absolute atomic E-state index is 0.679. The largest absolute Gasteiger partial charge is 0.457 e. The highest BCUT2D eigenvalue weighted by molar-refractivity contribution is 5.43. The Labute approximate surface area is 115 Å². The van der Waals surface area contributed by atoms with E-state index < -0.39 is 0 Å². The van der Waals surface area contributed by atoms with Crippen LogP contribution in [0.3, 0.4) is 0 Å². The van der Waals surface area contributed by atoms with Gasteiger partial charge in [0.05, 0.1) is 0 Å². The third-order valence-electron chi connectivity index (χ3n) is 3.51. The van der Waals surface area contributed by atoms with E-state index in [-0.39, 0.29) is 0 Å². The standard InChI is InChI=1S/C17H21NO/c1-12-5-4-6-17(14(12)3)19-16-8-7-15(9-10-18)13(2)11-16/h4-8,11H,9-10,18H2,1-3H3. The molecule has 0 bridgehead atoms. The Morgan fingerprint density at radius 1 is 1.00 bits per heavy atom. The van der Waals surface area contributed by atoms with Crippen molar-refractivity contribution in [2.45, 2.75) is 27.2 Å². The monoisotopic (exact) mass is 255 g/mol. The van der Waals surface area contributed by atoms with E-state index >= 15 is 0 Å². The first-order valence-corrected chi connectivity index (χ1v) is 6.65. The van der Waals surface area contributed by atoms with Crippen LogP contribution in [0.4, 0.5) is 0 Å². The van der Waals surface area contributed by atoms with Gasteiger partial charge in [-0.05, 0) is 74.2 Å². The Morgan fingerprint density at radius 2 is 1.79 bits per heavy atom. The zero-order valence-electron chi connectivity index (χ0n) is 11.9. The van der Waals surface area contributed by atoms with Gasteiger partial charge in [0, 0.05) is 0 Å². The van der Waals surface area contributed by atoms with Crippen molar-refractivity contribution in [3.05, 3.63) is 58.7 Å². The molecule has 0 atom stereocenters. The Kier molecular flexibility index (Phi) is 4.23. The molecule has 0 aliphatic carbocycles. The van der Waals surface area contributed by atoms with E-state index in [0.29, 0.717) is 6.54 Å². The van der Waals surface area contributed by atoms with Gasteiger partial charge in [0.15, 0.2) is 0 Å². The molecule has 0 aliphatic rings. The van der Waals surface area contributed by atoms with Gasteiger partial charge in [-0.1, -0.05) is 18.2 Å². The fraction of sp³-hybridized carbons (Fsp3) is 0.294. The van der Waals surface area contributed by atoms with E-state index in [1.54, 1.807) is 0 Å². The maximum atomic E-state index is 5.97. The topological polar surface area (TPSA) is 35.2 Å². The molecule has 0 amide bonds. The number of hydrogen-bond donors (Lipinski definition) is 1. The third kappa shape index (κ3) is 3.15. The van der Waals surface area contributed by atoms with Gasteiger partial charge in [0.2, 0.25) is 0 Å². The van der Waals surface area contributed by atoms with Crippen LogP contribution in [-0.2, 0) is 6.42 Å². The molecule has 0 heterocycles. The van der Waals surface area contributed by atoms with Gasteiger partial charge in [-0.3, -0.25) is 0 Å². The van der Waals surface area contributed by atoms with E-state index in [1.165, 1.54) is 22.3 Å². The zero-order chi connectivity index (χ0) is 13.8. The molecule has 2 rings (SSSR count). The number of rotatable bonds is 4. The van der Waals surface area contributed by atoms with Crippen molar-refractivity contribution < 1.29 is 4.74 Å². The predicted molar refractivity (Wildman–Crippen MR) is 79.9 cm³/mol. The number of nitrogens with two attached hydrogens (primary N) is 1. The SMILES string of the molecule is Cc1cc(Oc2cccc(C)c2C)ccc1CCN. The van der Waals surface area contributed by atoms with E-state index in [1.807, 2.05) is 18.2 Å². The van der Waals surface area contributed by atoms with Crippen molar-refractivity contribution in [3.63, 3.8) is 0 Å². The molecule has 0 radical (unpaired) electrons. The number of hydrogen-bond acceptors (Lipinski definition) is 2. The first kappa shape index (κ1) is 13.6. The van der Waals surface area contributed by atoms with Crippen molar-refractivity contribution >= 4 is 0 Å². The minimum Gasteiger partial charge on any atom is -0.457 e. The lowest BCUT2D eigenvalue weighted by atomic mass is 10.1. The van der Waals surface area contributed by atoms with Crippen molar-refractivity contribution in [1.29, 1.82) is 0 Å². The third-order valence-corrected chi connectivity index (χ3v) is 3.51. The predicted octanol–water partition coefficient (Wildman–Crippen LogP) is 3.91. The number of aryl methyl sites for hydroxylation is 2. The van der Waals surface area contributed by atoms with Crippen LogP contribution in [-0.4, -0.2) is 6.54 Å². The Hall–Kier alpha value is -1.80. The van der Waals surface area contributed by atoms with Crippen LogP contribution in [0.15, 0.2) is 36.4 Å². The van der Waals surface area contributed by atoms with Crippen LogP contribution in [0.1, 0.15) is 22.3 Å². The van der Waals surface area contributed by atoms with Gasteiger partial charge in [-0.2, -0.15) is 0 Å². The lowest BCUT2D eigenvalue weighted by molar-refractivity contribution is 0.477. The Balaban J connectivity index is 2.24. The van der Waals surface area contributed by atoms with E-state index in [9.17, 15) is 0 Å². The summed E-state index contributed by atoms with van der Waals surface area (Å²) in [6.45, 7) is 6.96. The molecule has 100 valence electrons. The molecule has 0 fully saturated rings. The van der Waals surface area contributed by atoms with Gasteiger partial charge in [-0.25, -0.2) is 0 Å². The zero-order valence-corrected chi connectivity index (χ0v) is 11.9. The summed E-state index contributed by atoms with van der Waals surface area (Å²) in [5.74, 6) is 1.80. The highest BCUT2D eigenvalue weighted by atomic mass is 16.5. The molecular weight excluding hydrogens is 234 g/mol. The molecule has 0 aromatic heterocycles. The molecule has 2 nitrogen and oxygen atoms in total. The second kappa shape index (κ2) is 5.89. The maximum absolute atomic E-state index is 5.97. The van der Waals surface area contributed by atoms with Crippen LogP contribution in [0, 0.1) is 20.8 Å². The average Bonchev–Trinajstić information content (AvgIpc) is 2.38. The second-order valence-corrected chi connectivity index (χ2v) is 4.93. The maximum Gasteiger partial charge on any atom is 0.130 e. The van der Waals surface area contributed by atoms with E-state index in [0.717, 1.165) is 17.9 Å². The lowest BCUT2D eigenvalue weighted by Gasteiger charge is -2.12. The summed E-state index contributed by atoms with van der Waals surface area (Å²) in [5.41, 5.74) is 10.5. The molecule has 0 saturated heterocycles. The fourth-order valence-corrected chi connectivity index (χ4v) is 2.13. The highest BCUT2D eigenvalue weighted by Crippen LogP contribution is 2.28. The number of ether oxygens (including phenoxy) is 1. The van der Waals surface area contributed by atoms with Crippen LogP contribution < -0.4 is 10.5 Å². The number of benzene rings is 2. The smallest absolute Gasteiger partial charge is 0.130 e. The Bertz CT molecular complexity index is 575. The molecule has 2 N–H and O–H groups in total. The summed E-state index contributed by atoms with van der Waals surface area (Å²) in [7, 11) is 0. The summed E-state index contributed by atoms with van der Waals surface area (Å²) in [6.07, 6.45) is 0.912. The first-order valence-electron chi connectivity index (χ1n) is 6.65. The normalized spacial score (nSPS) is 10.5. The summed E-state index contributed by atoms with van der Waals surface area (Å²) >= 11 is 0. The summed E-state index contributed by atoms with van der Waals surface area (Å²) in [6, 6.07) is 12.3. The summed E-state index contributed by atoms with van der Waals surface area (Å²) in [5, 5.41) is 0. The molecule has 0 unspecified atom stereocenters. The lowest BCUT2D eigenvalue weighted by Crippen LogP contribution is -2.04. The molecule has 2 aromatic rings. The van der Waals surface area contributed by atoms with E-state index in [2.05, 4.69) is 39.0 Å². The summed E-state index contributed by atoms with van der Waals surface area (Å²) < 4.78 is 5.97. The van der Waals surface area contributed by atoms with Crippen molar-refractivity contribution in [2.75, 3.05) is 6.54 Å². The molecule has 2 aromatic carbocycles. The van der Waals surface area contributed by atoms with Gasteiger partial charge < -0.3 is 10.5 Å². The molecule has 0 spiro atoms. The Morgan fingerprint density at radius 3 is 2.47 bits per heavy atom. The van der Waals surface area contributed by atoms with Crippen molar-refractivity contribution in [3.8, 4) is 11.5 Å². The van der Waals surface area contributed by atoms with Gasteiger partial charge in [0.25, 0.3) is 0 Å². The van der Waals surface area contributed by atoms with Gasteiger partial charge in [0.1, 0.15) is 11.5 Å². The van der Waals surface area contributed by atoms with Crippen LogP contribution in [0.2, 0.25) is 0 Å². The van der Waals surface area contributed by atoms with Gasteiger partial charge >= 0.3 is 0 Å². The minimum atomic E-state index is 0.679. The molecule has 0 saturated carbocycles. The van der Waals surface area contributed by atoms with Crippen LogP contribution >= 0.6 is 0 Å². The fourth-order valence-electron chi connectivity index (χ4n) is 2.13. The molecule has 0 aliphatic heterocycles. The van der Waals surface area contributed by atoms with Crippen LogP contribution in [0.25, 0.3) is 0 Å². The summed E-state index contributed by atoms with van der Waals surface area (Å²) in [4.78, 5) is 0. The molecule has 2 heteroatoms. The average molecular weight is 255 g/mol. The highest BCUT2D eigenvalue weighted by Gasteiger charge is 2.05. The van der Waals surface area contributed by atoms with Crippen molar-refractivity contribution in [2.24, 2.45) is 5.73 Å². The molecular formula is C17H21NO. The van der Waals surface area contributed by atoms with Crippen molar-refractivity contribution in [1.82, 2.24) is 0 Å². The second-order valence-electron chi connectivity index (χ2n) is 4.93. The quantitative estimate of drug-likeness (QED) is 0.899. The van der Waals surface area contributed by atoms with Gasteiger partial charge in [-0.15, -0.1) is 0 Å². The first-order chi connectivity index (χ1) is 9.11. The van der Waals surface area contributed by atoms with E-state index in [4.69, 9.17) is 10.5 Å². The molecule has 19 heavy (non-hydrogen) atoms.